The van der Waals surface area contributed by atoms with Gasteiger partial charge in [0.2, 0.25) is 5.95 Å². The maximum Gasteiger partial charge on any atom is 0.224 e. The molecule has 94 valence electrons. The molecule has 0 atom stereocenters. The van der Waals surface area contributed by atoms with Crippen LogP contribution < -0.4 is 10.6 Å². The predicted molar refractivity (Wildman–Crippen MR) is 75.3 cm³/mol. The normalized spacial score (nSPS) is 10.1. The number of benzene rings is 1. The van der Waals surface area contributed by atoms with Gasteiger partial charge in [0.1, 0.15) is 5.82 Å². The maximum absolute atomic E-state index is 4.38. The second-order valence-corrected chi connectivity index (χ2v) is 3.97. The zero-order valence-corrected chi connectivity index (χ0v) is 10.8. The van der Waals surface area contributed by atoms with Gasteiger partial charge >= 0.3 is 0 Å². The van der Waals surface area contributed by atoms with E-state index in [4.69, 9.17) is 0 Å². The van der Waals surface area contributed by atoms with Crippen molar-refractivity contribution >= 4 is 17.5 Å². The van der Waals surface area contributed by atoms with Crippen LogP contribution in [0.25, 0.3) is 0 Å². The summed E-state index contributed by atoms with van der Waals surface area (Å²) in [5.41, 5.74) is 2.36. The van der Waals surface area contributed by atoms with E-state index in [1.807, 2.05) is 25.1 Å². The third-order valence-electron chi connectivity index (χ3n) is 2.60. The number of hydrogen-bond acceptors (Lipinski definition) is 4. The minimum absolute atomic E-state index is 0.647. The summed E-state index contributed by atoms with van der Waals surface area (Å²) in [6.45, 7) is 4.98. The Kier molecular flexibility index (Phi) is 4.12. The van der Waals surface area contributed by atoms with Crippen molar-refractivity contribution in [3.63, 3.8) is 0 Å². The minimum Gasteiger partial charge on any atom is -0.354 e. The highest BCUT2D eigenvalue weighted by Gasteiger charge is 1.99. The average molecular weight is 242 g/mol. The number of hydrogen-bond donors (Lipinski definition) is 2. The number of nitrogens with one attached hydrogen (secondary N) is 2. The molecule has 0 saturated heterocycles. The van der Waals surface area contributed by atoms with Crippen molar-refractivity contribution in [3.05, 3.63) is 42.1 Å². The van der Waals surface area contributed by atoms with E-state index in [1.54, 1.807) is 6.20 Å². The molecule has 1 heterocycles. The van der Waals surface area contributed by atoms with Gasteiger partial charge in [0.05, 0.1) is 0 Å². The van der Waals surface area contributed by atoms with Crippen LogP contribution in [0.4, 0.5) is 17.5 Å². The molecule has 0 unspecified atom stereocenters. The fourth-order valence-electron chi connectivity index (χ4n) is 1.69. The van der Waals surface area contributed by atoms with Crippen LogP contribution in [0, 0.1) is 0 Å². The number of aromatic nitrogens is 2. The summed E-state index contributed by atoms with van der Waals surface area (Å²) in [6.07, 6.45) is 2.78. The summed E-state index contributed by atoms with van der Waals surface area (Å²) >= 11 is 0. The van der Waals surface area contributed by atoms with Gasteiger partial charge in [-0.25, -0.2) is 4.98 Å². The highest BCUT2D eigenvalue weighted by atomic mass is 15.1. The number of anilines is 3. The van der Waals surface area contributed by atoms with Gasteiger partial charge in [0, 0.05) is 18.4 Å². The van der Waals surface area contributed by atoms with Gasteiger partial charge in [0.15, 0.2) is 0 Å². The Hall–Kier alpha value is -2.10. The molecule has 1 aromatic carbocycles. The van der Waals surface area contributed by atoms with E-state index >= 15 is 0 Å². The molecule has 0 amide bonds. The molecular formula is C14H18N4. The van der Waals surface area contributed by atoms with E-state index < -0.39 is 0 Å². The second-order valence-electron chi connectivity index (χ2n) is 3.97. The average Bonchev–Trinajstić information content (AvgIpc) is 2.40. The highest BCUT2D eigenvalue weighted by Crippen LogP contribution is 2.16. The molecular weight excluding hydrogens is 224 g/mol. The topological polar surface area (TPSA) is 49.8 Å². The van der Waals surface area contributed by atoms with E-state index in [1.165, 1.54) is 5.56 Å². The van der Waals surface area contributed by atoms with Crippen molar-refractivity contribution in [1.29, 1.82) is 0 Å². The van der Waals surface area contributed by atoms with Crippen molar-refractivity contribution in [3.8, 4) is 0 Å². The number of aryl methyl sites for hydroxylation is 1. The molecule has 0 aliphatic rings. The van der Waals surface area contributed by atoms with E-state index in [-0.39, 0.29) is 0 Å². The Labute approximate surface area is 107 Å². The van der Waals surface area contributed by atoms with Gasteiger partial charge in [-0.15, -0.1) is 0 Å². The van der Waals surface area contributed by atoms with Crippen molar-refractivity contribution < 1.29 is 0 Å². The number of nitrogens with zero attached hydrogens (tertiary/aromatic N) is 2. The van der Waals surface area contributed by atoms with Crippen LogP contribution in [0.15, 0.2) is 36.5 Å². The zero-order valence-electron chi connectivity index (χ0n) is 10.8. The number of rotatable bonds is 5. The molecule has 0 aliphatic heterocycles. The molecule has 0 spiro atoms. The second kappa shape index (κ2) is 6.00. The fraction of sp³-hybridized carbons (Fsp3) is 0.286. The molecule has 0 bridgehead atoms. The zero-order chi connectivity index (χ0) is 12.8. The van der Waals surface area contributed by atoms with Crippen LogP contribution in [-0.2, 0) is 6.42 Å². The predicted octanol–water partition coefficient (Wildman–Crippen LogP) is 3.21. The Balaban J connectivity index is 2.14. The molecule has 0 aliphatic carbocycles. The lowest BCUT2D eigenvalue weighted by atomic mass is 10.1. The molecule has 2 rings (SSSR count). The van der Waals surface area contributed by atoms with Crippen LogP contribution >= 0.6 is 0 Å². The Morgan fingerprint density at radius 1 is 1.17 bits per heavy atom. The van der Waals surface area contributed by atoms with Crippen molar-refractivity contribution in [2.24, 2.45) is 0 Å². The summed E-state index contributed by atoms with van der Waals surface area (Å²) < 4.78 is 0. The van der Waals surface area contributed by atoms with Gasteiger partial charge in [-0.05, 0) is 37.1 Å². The summed E-state index contributed by atoms with van der Waals surface area (Å²) in [7, 11) is 0. The first-order chi connectivity index (χ1) is 8.81. The molecule has 2 aromatic rings. The lowest BCUT2D eigenvalue weighted by molar-refractivity contribution is 1.09. The third kappa shape index (κ3) is 3.20. The fourth-order valence-corrected chi connectivity index (χ4v) is 1.69. The Morgan fingerprint density at radius 3 is 2.83 bits per heavy atom. The van der Waals surface area contributed by atoms with Gasteiger partial charge in [-0.1, -0.05) is 19.1 Å². The molecule has 2 N–H and O–H groups in total. The Morgan fingerprint density at radius 2 is 2.06 bits per heavy atom. The lowest BCUT2D eigenvalue weighted by Gasteiger charge is -2.08. The van der Waals surface area contributed by atoms with E-state index in [9.17, 15) is 0 Å². The smallest absolute Gasteiger partial charge is 0.224 e. The summed E-state index contributed by atoms with van der Waals surface area (Å²) in [5.74, 6) is 1.45. The van der Waals surface area contributed by atoms with Gasteiger partial charge in [-0.3, -0.25) is 0 Å². The van der Waals surface area contributed by atoms with E-state index in [2.05, 4.69) is 39.7 Å². The monoisotopic (exact) mass is 242 g/mol. The van der Waals surface area contributed by atoms with Gasteiger partial charge in [0.25, 0.3) is 0 Å². The summed E-state index contributed by atoms with van der Waals surface area (Å²) in [5, 5.41) is 6.38. The molecule has 4 heteroatoms. The van der Waals surface area contributed by atoms with Crippen molar-refractivity contribution in [2.45, 2.75) is 20.3 Å². The molecule has 18 heavy (non-hydrogen) atoms. The molecule has 0 saturated carbocycles. The van der Waals surface area contributed by atoms with Crippen LogP contribution in [0.1, 0.15) is 19.4 Å². The quantitative estimate of drug-likeness (QED) is 0.845. The van der Waals surface area contributed by atoms with E-state index in [0.29, 0.717) is 5.95 Å². The highest BCUT2D eigenvalue weighted by molar-refractivity contribution is 5.57. The summed E-state index contributed by atoms with van der Waals surface area (Å²) in [6, 6.07) is 10.2. The maximum atomic E-state index is 4.38. The molecule has 4 nitrogen and oxygen atoms in total. The largest absolute Gasteiger partial charge is 0.354 e. The minimum atomic E-state index is 0.647. The van der Waals surface area contributed by atoms with E-state index in [0.717, 1.165) is 24.5 Å². The standard InChI is InChI=1S/C14H18N4/c1-3-11-6-5-7-12(10-11)17-13-8-9-16-14(18-13)15-4-2/h5-10H,3-4H2,1-2H3,(H2,15,16,17,18). The first-order valence-electron chi connectivity index (χ1n) is 6.24. The van der Waals surface area contributed by atoms with Crippen LogP contribution in [-0.4, -0.2) is 16.5 Å². The van der Waals surface area contributed by atoms with Gasteiger partial charge < -0.3 is 10.6 Å². The first kappa shape index (κ1) is 12.4. The SMILES string of the molecule is CCNc1nccc(Nc2cccc(CC)c2)n1. The molecule has 0 radical (unpaired) electrons. The van der Waals surface area contributed by atoms with Gasteiger partial charge in [-0.2, -0.15) is 4.98 Å². The van der Waals surface area contributed by atoms with Crippen molar-refractivity contribution in [1.82, 2.24) is 9.97 Å². The third-order valence-corrected chi connectivity index (χ3v) is 2.60. The summed E-state index contributed by atoms with van der Waals surface area (Å²) in [4.78, 5) is 8.52. The first-order valence-corrected chi connectivity index (χ1v) is 6.24. The Bertz CT molecular complexity index is 511. The lowest BCUT2D eigenvalue weighted by Crippen LogP contribution is -2.03. The molecule has 1 aromatic heterocycles. The van der Waals surface area contributed by atoms with Crippen LogP contribution in [0.5, 0.6) is 0 Å². The molecule has 0 fully saturated rings. The van der Waals surface area contributed by atoms with Crippen LogP contribution in [0.3, 0.4) is 0 Å². The van der Waals surface area contributed by atoms with Crippen molar-refractivity contribution in [2.75, 3.05) is 17.2 Å². The van der Waals surface area contributed by atoms with Crippen LogP contribution in [0.2, 0.25) is 0 Å².